The number of carbonyl (C=O) groups excluding carboxylic acids is 1. The van der Waals surface area contributed by atoms with Gasteiger partial charge in [0.2, 0.25) is 0 Å². The van der Waals surface area contributed by atoms with Gasteiger partial charge in [-0.05, 0) is 25.0 Å². The minimum Gasteiger partial charge on any atom is -0.298 e. The molecule has 0 aliphatic rings. The van der Waals surface area contributed by atoms with Crippen LogP contribution in [-0.4, -0.2) is 6.29 Å². The van der Waals surface area contributed by atoms with E-state index in [4.69, 9.17) is 0 Å². The molecule has 0 spiro atoms. The largest absolute Gasteiger partial charge is 0.298 e. The maximum Gasteiger partial charge on any atom is 0.150 e. The van der Waals surface area contributed by atoms with E-state index in [9.17, 15) is 4.79 Å². The van der Waals surface area contributed by atoms with Crippen LogP contribution in [0.1, 0.15) is 43.6 Å². The molecule has 0 amide bonds. The Hall–Kier alpha value is -1.63. The van der Waals surface area contributed by atoms with E-state index in [-0.39, 0.29) is 0 Å². The summed E-state index contributed by atoms with van der Waals surface area (Å²) in [6.45, 7) is 7.99. The van der Waals surface area contributed by atoms with Crippen molar-refractivity contribution in [3.8, 4) is 0 Å². The molecule has 0 saturated carbocycles. The van der Waals surface area contributed by atoms with Crippen LogP contribution < -0.4 is 0 Å². The molecule has 0 radical (unpaired) electrons. The van der Waals surface area contributed by atoms with Crippen LogP contribution in [0.3, 0.4) is 0 Å². The molecule has 1 aromatic rings. The average molecular weight is 216 g/mol. The summed E-state index contributed by atoms with van der Waals surface area (Å²) in [5.41, 5.74) is 3.02. The van der Waals surface area contributed by atoms with Crippen LogP contribution in [0.4, 0.5) is 0 Å². The fourth-order valence-electron chi connectivity index (χ4n) is 1.29. The summed E-state index contributed by atoms with van der Waals surface area (Å²) in [5.74, 6) is 0. The Balaban J connectivity index is 0.00000106. The van der Waals surface area contributed by atoms with Crippen molar-refractivity contribution in [1.29, 1.82) is 0 Å². The van der Waals surface area contributed by atoms with E-state index < -0.39 is 0 Å². The topological polar surface area (TPSA) is 17.1 Å². The van der Waals surface area contributed by atoms with Gasteiger partial charge in [-0.1, -0.05) is 56.3 Å². The maximum absolute atomic E-state index is 10.5. The average Bonchev–Trinajstić information content (AvgIpc) is 2.38. The molecule has 0 N–H and O–H groups in total. The molecule has 1 heteroatoms. The van der Waals surface area contributed by atoms with Crippen LogP contribution in [0, 0.1) is 0 Å². The van der Waals surface area contributed by atoms with Crippen LogP contribution in [0.25, 0.3) is 5.57 Å². The second-order valence-electron chi connectivity index (χ2n) is 2.98. The summed E-state index contributed by atoms with van der Waals surface area (Å²) in [6.07, 6.45) is 6.96. The van der Waals surface area contributed by atoms with Gasteiger partial charge in [0.1, 0.15) is 6.29 Å². The molecule has 0 atom stereocenters. The summed E-state index contributed by atoms with van der Waals surface area (Å²) >= 11 is 0. The fraction of sp³-hybridized carbons (Fsp3) is 0.267. The van der Waals surface area contributed by atoms with Gasteiger partial charge in [0, 0.05) is 5.56 Å². The third-order valence-corrected chi connectivity index (χ3v) is 2.04. The number of hydrogen-bond donors (Lipinski definition) is 0. The molecule has 0 aromatic heterocycles. The molecule has 0 bridgehead atoms. The second kappa shape index (κ2) is 8.66. The molecule has 0 unspecified atom stereocenters. The highest BCUT2D eigenvalue weighted by Gasteiger charge is 1.96. The standard InChI is InChI=1S/C13H14O.C2H6/c1-3-5-12(4-2)13-8-6-11(10-14)7-9-13;1-2/h3-10H,1-2H3;1-2H3/b5-3-,12-4+;. The zero-order chi connectivity index (χ0) is 12.4. The van der Waals surface area contributed by atoms with E-state index in [1.807, 2.05) is 58.0 Å². The number of allylic oxidation sites excluding steroid dienone is 4. The number of carbonyl (C=O) groups is 1. The van der Waals surface area contributed by atoms with Gasteiger partial charge in [-0.3, -0.25) is 4.79 Å². The van der Waals surface area contributed by atoms with E-state index >= 15 is 0 Å². The van der Waals surface area contributed by atoms with E-state index in [0.717, 1.165) is 11.8 Å². The molecule has 1 aromatic carbocycles. The monoisotopic (exact) mass is 216 g/mol. The first-order chi connectivity index (χ1) is 7.81. The lowest BCUT2D eigenvalue weighted by Crippen LogP contribution is -1.83. The first kappa shape index (κ1) is 14.4. The minimum absolute atomic E-state index is 0.713. The van der Waals surface area contributed by atoms with Gasteiger partial charge in [-0.15, -0.1) is 0 Å². The first-order valence-corrected chi connectivity index (χ1v) is 5.66. The summed E-state index contributed by atoms with van der Waals surface area (Å²) in [6, 6.07) is 7.57. The highest BCUT2D eigenvalue weighted by Crippen LogP contribution is 2.15. The van der Waals surface area contributed by atoms with E-state index in [2.05, 4.69) is 12.2 Å². The Morgan fingerprint density at radius 3 is 2.00 bits per heavy atom. The Morgan fingerprint density at radius 2 is 1.62 bits per heavy atom. The van der Waals surface area contributed by atoms with Gasteiger partial charge < -0.3 is 0 Å². The zero-order valence-electron chi connectivity index (χ0n) is 10.5. The molecule has 1 rings (SSSR count). The van der Waals surface area contributed by atoms with Gasteiger partial charge in [-0.2, -0.15) is 0 Å². The quantitative estimate of drug-likeness (QED) is 0.537. The van der Waals surface area contributed by atoms with Gasteiger partial charge in [0.15, 0.2) is 0 Å². The number of hydrogen-bond acceptors (Lipinski definition) is 1. The van der Waals surface area contributed by atoms with Crippen molar-refractivity contribution in [1.82, 2.24) is 0 Å². The Morgan fingerprint density at radius 1 is 1.06 bits per heavy atom. The third kappa shape index (κ3) is 4.26. The first-order valence-electron chi connectivity index (χ1n) is 5.66. The van der Waals surface area contributed by atoms with Gasteiger partial charge in [-0.25, -0.2) is 0 Å². The van der Waals surface area contributed by atoms with Gasteiger partial charge in [0.05, 0.1) is 0 Å². The van der Waals surface area contributed by atoms with Crippen LogP contribution in [0.5, 0.6) is 0 Å². The minimum atomic E-state index is 0.713. The van der Waals surface area contributed by atoms with Crippen molar-refractivity contribution < 1.29 is 4.79 Å². The van der Waals surface area contributed by atoms with Crippen molar-refractivity contribution in [2.75, 3.05) is 0 Å². The number of aldehydes is 1. The SMILES string of the molecule is C/C=C\C(=C/C)c1ccc(C=O)cc1.CC. The van der Waals surface area contributed by atoms with Crippen molar-refractivity contribution >= 4 is 11.9 Å². The summed E-state index contributed by atoms with van der Waals surface area (Å²) in [4.78, 5) is 10.5. The fourth-order valence-corrected chi connectivity index (χ4v) is 1.29. The van der Waals surface area contributed by atoms with E-state index in [1.54, 1.807) is 0 Å². The normalized spacial score (nSPS) is 10.9. The Bertz CT molecular complexity index is 356. The van der Waals surface area contributed by atoms with Crippen LogP contribution in [0.2, 0.25) is 0 Å². The lowest BCUT2D eigenvalue weighted by molar-refractivity contribution is 0.112. The summed E-state index contributed by atoms with van der Waals surface area (Å²) < 4.78 is 0. The van der Waals surface area contributed by atoms with Crippen molar-refractivity contribution in [2.24, 2.45) is 0 Å². The molecule has 0 aliphatic heterocycles. The zero-order valence-corrected chi connectivity index (χ0v) is 10.5. The molecule has 1 nitrogen and oxygen atoms in total. The molecular formula is C15H20O. The van der Waals surface area contributed by atoms with Crippen molar-refractivity contribution in [3.05, 3.63) is 53.6 Å². The highest BCUT2D eigenvalue weighted by atomic mass is 16.1. The molecule has 0 fully saturated rings. The van der Waals surface area contributed by atoms with Crippen LogP contribution in [0.15, 0.2) is 42.5 Å². The Kier molecular flexibility index (Phi) is 7.78. The molecule has 0 saturated heterocycles. The van der Waals surface area contributed by atoms with Crippen LogP contribution in [-0.2, 0) is 0 Å². The second-order valence-corrected chi connectivity index (χ2v) is 2.98. The summed E-state index contributed by atoms with van der Waals surface area (Å²) in [7, 11) is 0. The van der Waals surface area contributed by atoms with Crippen molar-refractivity contribution in [3.63, 3.8) is 0 Å². The van der Waals surface area contributed by atoms with Crippen molar-refractivity contribution in [2.45, 2.75) is 27.7 Å². The predicted octanol–water partition coefficient (Wildman–Crippen LogP) is 4.50. The predicted molar refractivity (Wildman–Crippen MR) is 71.6 cm³/mol. The van der Waals surface area contributed by atoms with E-state index in [1.165, 1.54) is 5.57 Å². The molecule has 86 valence electrons. The van der Waals surface area contributed by atoms with Crippen LogP contribution >= 0.6 is 0 Å². The molecule has 16 heavy (non-hydrogen) atoms. The highest BCUT2D eigenvalue weighted by molar-refractivity contribution is 5.78. The number of benzene rings is 1. The smallest absolute Gasteiger partial charge is 0.150 e. The lowest BCUT2D eigenvalue weighted by atomic mass is 10.0. The van der Waals surface area contributed by atoms with Gasteiger partial charge in [0.25, 0.3) is 0 Å². The molecule has 0 heterocycles. The lowest BCUT2D eigenvalue weighted by Gasteiger charge is -2.01. The Labute approximate surface area is 98.5 Å². The third-order valence-electron chi connectivity index (χ3n) is 2.04. The molecular weight excluding hydrogens is 196 g/mol. The van der Waals surface area contributed by atoms with Gasteiger partial charge >= 0.3 is 0 Å². The maximum atomic E-state index is 10.5. The van der Waals surface area contributed by atoms with E-state index in [0.29, 0.717) is 5.56 Å². The molecule has 0 aliphatic carbocycles. The summed E-state index contributed by atoms with van der Waals surface area (Å²) in [5, 5.41) is 0. The number of rotatable bonds is 3.